The van der Waals surface area contributed by atoms with Crippen molar-refractivity contribution in [2.24, 2.45) is 0 Å². The zero-order chi connectivity index (χ0) is 40.0. The molecule has 10 aromatic rings. The molecule has 12 rings (SSSR count). The van der Waals surface area contributed by atoms with Crippen LogP contribution >= 0.6 is 0 Å². The minimum Gasteiger partial charge on any atom is -0.456 e. The first-order chi connectivity index (χ1) is 29.5. The minimum atomic E-state index is -0.639. The Balaban J connectivity index is 1.18. The first kappa shape index (κ1) is 34.6. The van der Waals surface area contributed by atoms with Crippen LogP contribution in [0.5, 0.6) is 0 Å². The highest BCUT2D eigenvalue weighted by atomic mass is 16.3. The van der Waals surface area contributed by atoms with Crippen molar-refractivity contribution >= 4 is 39.0 Å². The lowest BCUT2D eigenvalue weighted by atomic mass is 9.66. The van der Waals surface area contributed by atoms with Gasteiger partial charge in [0.1, 0.15) is 11.2 Å². The predicted molar refractivity (Wildman–Crippen MR) is 249 cm³/mol. The van der Waals surface area contributed by atoms with E-state index >= 15 is 0 Å². The predicted octanol–water partition coefficient (Wildman–Crippen LogP) is 15.4. The lowest BCUT2D eigenvalue weighted by Crippen LogP contribution is -2.29. The number of hydrogen-bond acceptors (Lipinski definition) is 2. The summed E-state index contributed by atoms with van der Waals surface area (Å²) < 4.78 is 6.97. The third-order valence-corrected chi connectivity index (χ3v) is 13.3. The van der Waals surface area contributed by atoms with Gasteiger partial charge >= 0.3 is 0 Å². The molecule has 0 atom stereocenters. The van der Waals surface area contributed by atoms with Crippen molar-refractivity contribution in [2.75, 3.05) is 4.90 Å². The van der Waals surface area contributed by atoms with Crippen molar-refractivity contribution in [1.29, 1.82) is 0 Å². The number of fused-ring (bicyclic) bond motifs is 9. The van der Waals surface area contributed by atoms with Crippen LogP contribution in [0.25, 0.3) is 55.3 Å². The van der Waals surface area contributed by atoms with Gasteiger partial charge in [-0.2, -0.15) is 0 Å². The molecule has 0 spiro atoms. The molecule has 0 fully saturated rings. The van der Waals surface area contributed by atoms with Gasteiger partial charge in [-0.1, -0.05) is 184 Å². The molecule has 284 valence electrons. The van der Waals surface area contributed by atoms with Gasteiger partial charge in [-0.25, -0.2) is 0 Å². The molecular formula is C58H41NO. The Hall–Kier alpha value is -7.42. The highest BCUT2D eigenvalue weighted by molar-refractivity contribution is 6.10. The van der Waals surface area contributed by atoms with Gasteiger partial charge < -0.3 is 9.32 Å². The van der Waals surface area contributed by atoms with Crippen LogP contribution in [0, 0.1) is 0 Å². The van der Waals surface area contributed by atoms with Crippen molar-refractivity contribution in [2.45, 2.75) is 24.7 Å². The number of nitrogens with zero attached hydrogens (tertiary/aromatic N) is 1. The standard InChI is InChI=1S/C58H41NO/c1-57(2)49-25-13-9-21-44(49)47-34-33-42(35-52(47)57)59(41-31-29-39(30-32-41)38-17-5-3-6-18-38)43-36-53(56-48-24-12-16-28-54(48)60-55(56)37-43)58(40-19-7-4-8-20-40)50-26-14-10-22-45(50)46-23-11-15-27-51(46)58/h3-37H,1-2H3. The number of para-hydroxylation sites is 1. The molecule has 0 saturated carbocycles. The van der Waals surface area contributed by atoms with Gasteiger partial charge in [-0.3, -0.25) is 0 Å². The maximum absolute atomic E-state index is 6.97. The third kappa shape index (κ3) is 4.88. The molecule has 0 radical (unpaired) electrons. The fraction of sp³-hybridized carbons (Fsp3) is 0.0690. The van der Waals surface area contributed by atoms with Gasteiger partial charge in [0.05, 0.1) is 11.1 Å². The van der Waals surface area contributed by atoms with E-state index in [0.29, 0.717) is 0 Å². The third-order valence-electron chi connectivity index (χ3n) is 13.3. The molecule has 2 heteroatoms. The van der Waals surface area contributed by atoms with Gasteiger partial charge in [-0.05, 0) is 103 Å². The maximum atomic E-state index is 6.97. The molecule has 1 aromatic heterocycles. The summed E-state index contributed by atoms with van der Waals surface area (Å²) in [5.41, 5.74) is 19.3. The van der Waals surface area contributed by atoms with Gasteiger partial charge in [0, 0.05) is 33.6 Å². The van der Waals surface area contributed by atoms with Gasteiger partial charge in [-0.15, -0.1) is 0 Å². The molecule has 9 aromatic carbocycles. The minimum absolute atomic E-state index is 0.159. The van der Waals surface area contributed by atoms with E-state index in [-0.39, 0.29) is 5.41 Å². The van der Waals surface area contributed by atoms with E-state index in [1.54, 1.807) is 0 Å². The average Bonchev–Trinajstić information content (AvgIpc) is 3.91. The van der Waals surface area contributed by atoms with Crippen molar-refractivity contribution in [1.82, 2.24) is 0 Å². The lowest BCUT2D eigenvalue weighted by Gasteiger charge is -2.36. The topological polar surface area (TPSA) is 16.4 Å². The zero-order valence-electron chi connectivity index (χ0n) is 33.6. The summed E-state index contributed by atoms with van der Waals surface area (Å²) in [7, 11) is 0. The summed E-state index contributed by atoms with van der Waals surface area (Å²) in [5.74, 6) is 0. The Morgan fingerprint density at radius 1 is 0.367 bits per heavy atom. The van der Waals surface area contributed by atoms with E-state index in [0.717, 1.165) is 39.0 Å². The quantitative estimate of drug-likeness (QED) is 0.168. The van der Waals surface area contributed by atoms with Gasteiger partial charge in [0.15, 0.2) is 0 Å². The van der Waals surface area contributed by atoms with E-state index in [1.807, 2.05) is 0 Å². The highest BCUT2D eigenvalue weighted by Crippen LogP contribution is 2.59. The summed E-state index contributed by atoms with van der Waals surface area (Å²) in [6.07, 6.45) is 0. The number of rotatable bonds is 6. The highest BCUT2D eigenvalue weighted by Gasteiger charge is 2.47. The Morgan fingerprint density at radius 2 is 0.883 bits per heavy atom. The fourth-order valence-corrected chi connectivity index (χ4v) is 10.7. The molecule has 2 aliphatic carbocycles. The van der Waals surface area contributed by atoms with Crippen LogP contribution in [0.15, 0.2) is 217 Å². The molecule has 0 aliphatic heterocycles. The monoisotopic (exact) mass is 767 g/mol. The summed E-state index contributed by atoms with van der Waals surface area (Å²) >= 11 is 0. The second-order valence-electron chi connectivity index (χ2n) is 16.8. The van der Waals surface area contributed by atoms with Crippen LogP contribution in [0.1, 0.15) is 47.2 Å². The van der Waals surface area contributed by atoms with Crippen molar-refractivity contribution in [3.05, 3.63) is 246 Å². The van der Waals surface area contributed by atoms with Crippen LogP contribution < -0.4 is 4.90 Å². The fourth-order valence-electron chi connectivity index (χ4n) is 10.7. The normalized spacial score (nSPS) is 14.1. The maximum Gasteiger partial charge on any atom is 0.137 e. The average molecular weight is 768 g/mol. The molecule has 0 amide bonds. The number of benzene rings is 9. The number of anilines is 3. The van der Waals surface area contributed by atoms with Crippen molar-refractivity contribution < 1.29 is 4.42 Å². The molecule has 0 saturated heterocycles. The Labute approximate surface area is 350 Å². The number of hydrogen-bond donors (Lipinski definition) is 0. The largest absolute Gasteiger partial charge is 0.456 e. The summed E-state index contributed by atoms with van der Waals surface area (Å²) in [5, 5.41) is 2.25. The first-order valence-corrected chi connectivity index (χ1v) is 20.9. The van der Waals surface area contributed by atoms with Crippen LogP contribution in [0.2, 0.25) is 0 Å². The van der Waals surface area contributed by atoms with Crippen LogP contribution in [-0.4, -0.2) is 0 Å². The van der Waals surface area contributed by atoms with Gasteiger partial charge in [0.25, 0.3) is 0 Å². The Morgan fingerprint density at radius 3 is 1.58 bits per heavy atom. The van der Waals surface area contributed by atoms with E-state index in [2.05, 4.69) is 231 Å². The molecule has 2 nitrogen and oxygen atoms in total. The first-order valence-electron chi connectivity index (χ1n) is 20.9. The van der Waals surface area contributed by atoms with Gasteiger partial charge in [0.2, 0.25) is 0 Å². The molecule has 1 heterocycles. The Bertz CT molecular complexity index is 3240. The van der Waals surface area contributed by atoms with Crippen LogP contribution in [0.4, 0.5) is 17.1 Å². The van der Waals surface area contributed by atoms with E-state index in [9.17, 15) is 0 Å². The smallest absolute Gasteiger partial charge is 0.137 e. The summed E-state index contributed by atoms with van der Waals surface area (Å²) in [6, 6.07) is 78.0. The molecular weight excluding hydrogens is 727 g/mol. The second-order valence-corrected chi connectivity index (χ2v) is 16.8. The molecule has 0 bridgehead atoms. The molecule has 0 N–H and O–H groups in total. The van der Waals surface area contributed by atoms with Crippen LogP contribution in [0.3, 0.4) is 0 Å². The van der Waals surface area contributed by atoms with Crippen molar-refractivity contribution in [3.63, 3.8) is 0 Å². The summed E-state index contributed by atoms with van der Waals surface area (Å²) in [6.45, 7) is 4.72. The lowest BCUT2D eigenvalue weighted by molar-refractivity contribution is 0.660. The Kier molecular flexibility index (Phi) is 7.52. The molecule has 0 unspecified atom stereocenters. The molecule has 60 heavy (non-hydrogen) atoms. The van der Waals surface area contributed by atoms with E-state index < -0.39 is 5.41 Å². The van der Waals surface area contributed by atoms with Crippen molar-refractivity contribution in [3.8, 4) is 33.4 Å². The number of furan rings is 1. The summed E-state index contributed by atoms with van der Waals surface area (Å²) in [4.78, 5) is 2.44. The van der Waals surface area contributed by atoms with E-state index in [4.69, 9.17) is 4.42 Å². The zero-order valence-corrected chi connectivity index (χ0v) is 33.6. The second kappa shape index (κ2) is 13.0. The van der Waals surface area contributed by atoms with Crippen LogP contribution in [-0.2, 0) is 10.8 Å². The SMILES string of the molecule is CC1(C)c2ccccc2-c2ccc(N(c3ccc(-c4ccccc4)cc3)c3cc(C4(c5ccccc5)c5ccccc5-c5ccccc54)c4c(c3)oc3ccccc34)cc21. The van der Waals surface area contributed by atoms with E-state index in [1.165, 1.54) is 66.8 Å². The molecule has 2 aliphatic rings.